The van der Waals surface area contributed by atoms with E-state index in [2.05, 4.69) is 25.3 Å². The number of nitrogens with one attached hydrogen (secondary N) is 2. The third kappa shape index (κ3) is 6.76. The summed E-state index contributed by atoms with van der Waals surface area (Å²) >= 11 is 7.60. The van der Waals surface area contributed by atoms with Crippen LogP contribution in [-0.2, 0) is 13.0 Å². The minimum Gasteiger partial charge on any atom is -0.434 e. The number of thiazole rings is 1. The van der Waals surface area contributed by atoms with E-state index in [0.717, 1.165) is 23.5 Å². The average Bonchev–Trinajstić information content (AvgIpc) is 3.01. The Labute approximate surface area is 160 Å². The molecule has 0 fully saturated rings. The Balaban J connectivity index is 1.82. The maximum absolute atomic E-state index is 12.5. The van der Waals surface area contributed by atoms with Crippen molar-refractivity contribution in [3.05, 3.63) is 44.9 Å². The zero-order valence-corrected chi connectivity index (χ0v) is 16.1. The molecule has 0 spiro atoms. The Morgan fingerprint density at radius 3 is 2.85 bits per heavy atom. The molecule has 2 aromatic rings. The standard InChI is InChI=1S/C17H21ClF2N4OS/c1-11-10-26-15(24-11)4-3-7-22-17(21-2)23-9-12-8-13(18)5-6-14(12)25-16(19)20/h5-6,8,10,16H,3-4,7,9H2,1-2H3,(H2,21,22,23). The van der Waals surface area contributed by atoms with Gasteiger partial charge in [-0.05, 0) is 31.5 Å². The predicted molar refractivity (Wildman–Crippen MR) is 101 cm³/mol. The Hall–Kier alpha value is -1.93. The average molecular weight is 403 g/mol. The van der Waals surface area contributed by atoms with E-state index in [1.54, 1.807) is 24.5 Å². The van der Waals surface area contributed by atoms with Crippen molar-refractivity contribution in [2.24, 2.45) is 4.99 Å². The lowest BCUT2D eigenvalue weighted by molar-refractivity contribution is -0.0504. The molecule has 2 N–H and O–H groups in total. The van der Waals surface area contributed by atoms with E-state index >= 15 is 0 Å². The quantitative estimate of drug-likeness (QED) is 0.398. The highest BCUT2D eigenvalue weighted by molar-refractivity contribution is 7.09. The maximum atomic E-state index is 12.5. The summed E-state index contributed by atoms with van der Waals surface area (Å²) in [7, 11) is 1.65. The van der Waals surface area contributed by atoms with E-state index in [0.29, 0.717) is 23.1 Å². The molecule has 0 unspecified atom stereocenters. The molecule has 0 amide bonds. The first kappa shape index (κ1) is 20.4. The summed E-state index contributed by atoms with van der Waals surface area (Å²) in [4.78, 5) is 8.55. The normalized spacial score (nSPS) is 11.7. The Morgan fingerprint density at radius 2 is 2.19 bits per heavy atom. The van der Waals surface area contributed by atoms with Crippen LogP contribution in [0.5, 0.6) is 5.75 Å². The van der Waals surface area contributed by atoms with Gasteiger partial charge in [0, 0.05) is 48.2 Å². The van der Waals surface area contributed by atoms with Crippen molar-refractivity contribution in [3.63, 3.8) is 0 Å². The number of guanidine groups is 1. The lowest BCUT2D eigenvalue weighted by atomic mass is 10.2. The monoisotopic (exact) mass is 402 g/mol. The number of nitrogens with zero attached hydrogens (tertiary/aromatic N) is 2. The molecule has 0 atom stereocenters. The van der Waals surface area contributed by atoms with Gasteiger partial charge in [0.1, 0.15) is 5.75 Å². The fraction of sp³-hybridized carbons (Fsp3) is 0.412. The molecule has 0 aliphatic rings. The second-order valence-electron chi connectivity index (χ2n) is 5.47. The van der Waals surface area contributed by atoms with Crippen LogP contribution in [-0.4, -0.2) is 31.1 Å². The van der Waals surface area contributed by atoms with Crippen LogP contribution in [0.15, 0.2) is 28.6 Å². The Morgan fingerprint density at radius 1 is 1.38 bits per heavy atom. The van der Waals surface area contributed by atoms with Crippen LogP contribution in [0, 0.1) is 6.92 Å². The zero-order chi connectivity index (χ0) is 18.9. The van der Waals surface area contributed by atoms with Gasteiger partial charge in [-0.3, -0.25) is 4.99 Å². The zero-order valence-electron chi connectivity index (χ0n) is 14.6. The molecule has 0 saturated heterocycles. The number of hydrogen-bond acceptors (Lipinski definition) is 4. The van der Waals surface area contributed by atoms with Crippen LogP contribution >= 0.6 is 22.9 Å². The summed E-state index contributed by atoms with van der Waals surface area (Å²) in [5.41, 5.74) is 1.57. The predicted octanol–water partition coefficient (Wildman–Crippen LogP) is 4.00. The molecule has 0 bridgehead atoms. The SMILES string of the molecule is CN=C(NCCCc1nc(C)cs1)NCc1cc(Cl)ccc1OC(F)F. The largest absolute Gasteiger partial charge is 0.434 e. The molecule has 2 rings (SSSR count). The summed E-state index contributed by atoms with van der Waals surface area (Å²) in [5.74, 6) is 0.662. The minimum absolute atomic E-state index is 0.0893. The summed E-state index contributed by atoms with van der Waals surface area (Å²) in [5, 5.41) is 9.85. The van der Waals surface area contributed by atoms with Crippen LogP contribution in [0.1, 0.15) is 22.7 Å². The molecule has 0 aliphatic carbocycles. The van der Waals surface area contributed by atoms with Crippen molar-refractivity contribution >= 4 is 28.9 Å². The highest BCUT2D eigenvalue weighted by atomic mass is 35.5. The van der Waals surface area contributed by atoms with Gasteiger partial charge in [0.2, 0.25) is 0 Å². The van der Waals surface area contributed by atoms with Crippen LogP contribution in [0.25, 0.3) is 0 Å². The van der Waals surface area contributed by atoms with Gasteiger partial charge in [-0.15, -0.1) is 11.3 Å². The molecular weight excluding hydrogens is 382 g/mol. The molecular formula is C17H21ClF2N4OS. The molecule has 9 heteroatoms. The molecule has 0 aliphatic heterocycles. The number of aliphatic imine (C=N–C) groups is 1. The van der Waals surface area contributed by atoms with Crippen molar-refractivity contribution in [3.8, 4) is 5.75 Å². The first-order chi connectivity index (χ1) is 12.5. The lowest BCUT2D eigenvalue weighted by Crippen LogP contribution is -2.37. The minimum atomic E-state index is -2.89. The van der Waals surface area contributed by atoms with Crippen LogP contribution in [0.3, 0.4) is 0 Å². The van der Waals surface area contributed by atoms with Gasteiger partial charge in [-0.2, -0.15) is 8.78 Å². The fourth-order valence-corrected chi connectivity index (χ4v) is 3.27. The summed E-state index contributed by atoms with van der Waals surface area (Å²) in [6.45, 7) is 0.0653. The summed E-state index contributed by atoms with van der Waals surface area (Å²) in [6, 6.07) is 4.53. The van der Waals surface area contributed by atoms with Crippen molar-refractivity contribution in [2.75, 3.05) is 13.6 Å². The molecule has 26 heavy (non-hydrogen) atoms. The molecule has 0 radical (unpaired) electrons. The number of rotatable bonds is 8. The summed E-state index contributed by atoms with van der Waals surface area (Å²) in [6.07, 6.45) is 1.80. The number of ether oxygens (including phenoxy) is 1. The number of halogens is 3. The van der Waals surface area contributed by atoms with Crippen molar-refractivity contribution in [1.29, 1.82) is 0 Å². The Kier molecular flexibility index (Phi) is 8.06. The van der Waals surface area contributed by atoms with E-state index in [1.165, 1.54) is 12.1 Å². The molecule has 0 saturated carbocycles. The third-order valence-electron chi connectivity index (χ3n) is 3.43. The van der Waals surface area contributed by atoms with Crippen molar-refractivity contribution in [2.45, 2.75) is 32.9 Å². The number of aromatic nitrogens is 1. The van der Waals surface area contributed by atoms with E-state index in [4.69, 9.17) is 11.6 Å². The number of benzene rings is 1. The van der Waals surface area contributed by atoms with Crippen LogP contribution in [0.2, 0.25) is 5.02 Å². The van der Waals surface area contributed by atoms with Crippen molar-refractivity contribution in [1.82, 2.24) is 15.6 Å². The number of alkyl halides is 2. The molecule has 5 nitrogen and oxygen atoms in total. The fourth-order valence-electron chi connectivity index (χ4n) is 2.26. The lowest BCUT2D eigenvalue weighted by Gasteiger charge is -2.14. The van der Waals surface area contributed by atoms with E-state index < -0.39 is 6.61 Å². The third-order valence-corrected chi connectivity index (χ3v) is 4.70. The molecule has 1 aromatic heterocycles. The molecule has 1 heterocycles. The van der Waals surface area contributed by atoms with Gasteiger partial charge < -0.3 is 15.4 Å². The number of aryl methyl sites for hydroxylation is 2. The maximum Gasteiger partial charge on any atom is 0.387 e. The van der Waals surface area contributed by atoms with Gasteiger partial charge in [0.15, 0.2) is 5.96 Å². The first-order valence-electron chi connectivity index (χ1n) is 8.06. The van der Waals surface area contributed by atoms with Gasteiger partial charge in [0.05, 0.1) is 5.01 Å². The van der Waals surface area contributed by atoms with Crippen LogP contribution in [0.4, 0.5) is 8.78 Å². The van der Waals surface area contributed by atoms with Gasteiger partial charge >= 0.3 is 6.61 Å². The van der Waals surface area contributed by atoms with Crippen molar-refractivity contribution < 1.29 is 13.5 Å². The van der Waals surface area contributed by atoms with E-state index in [1.807, 2.05) is 12.3 Å². The van der Waals surface area contributed by atoms with Crippen LogP contribution < -0.4 is 15.4 Å². The van der Waals surface area contributed by atoms with Gasteiger partial charge in [-0.1, -0.05) is 11.6 Å². The highest BCUT2D eigenvalue weighted by Gasteiger charge is 2.11. The van der Waals surface area contributed by atoms with E-state index in [9.17, 15) is 8.78 Å². The first-order valence-corrected chi connectivity index (χ1v) is 9.32. The topological polar surface area (TPSA) is 58.5 Å². The molecule has 142 valence electrons. The van der Waals surface area contributed by atoms with Gasteiger partial charge in [-0.25, -0.2) is 4.98 Å². The number of hydrogen-bond donors (Lipinski definition) is 2. The van der Waals surface area contributed by atoms with E-state index in [-0.39, 0.29) is 12.3 Å². The second-order valence-corrected chi connectivity index (χ2v) is 6.85. The summed E-state index contributed by atoms with van der Waals surface area (Å²) < 4.78 is 29.5. The second kappa shape index (κ2) is 10.3. The highest BCUT2D eigenvalue weighted by Crippen LogP contribution is 2.24. The Bertz CT molecular complexity index is 739. The van der Waals surface area contributed by atoms with Gasteiger partial charge in [0.25, 0.3) is 0 Å². The smallest absolute Gasteiger partial charge is 0.387 e. The molecule has 1 aromatic carbocycles.